The number of likely N-dealkylation sites (N-methyl/N-ethyl adjacent to an activating group) is 1. The van der Waals surface area contributed by atoms with E-state index >= 15 is 0 Å². The number of nitriles is 1. The molecule has 1 aromatic rings. The Morgan fingerprint density at radius 2 is 2.47 bits per heavy atom. The molecule has 0 aliphatic carbocycles. The molecular weight excluding hydrogens is 216 g/mol. The van der Waals surface area contributed by atoms with Crippen LogP contribution in [0.4, 0.5) is 0 Å². The lowest BCUT2D eigenvalue weighted by Crippen LogP contribution is -2.32. The fourth-order valence-corrected chi connectivity index (χ4v) is 2.12. The van der Waals surface area contributed by atoms with E-state index in [4.69, 9.17) is 11.0 Å². The van der Waals surface area contributed by atoms with E-state index < -0.39 is 6.04 Å². The molecule has 0 saturated carbocycles. The van der Waals surface area contributed by atoms with Gasteiger partial charge < -0.3 is 15.6 Å². The number of nitrogens with two attached hydrogens (primary N) is 1. The molecule has 2 heterocycles. The Bertz CT molecular complexity index is 514. The van der Waals surface area contributed by atoms with Crippen LogP contribution in [0.3, 0.4) is 0 Å². The Labute approximate surface area is 99.9 Å². The maximum absolute atomic E-state index is 11.8. The Morgan fingerprint density at radius 1 is 1.71 bits per heavy atom. The van der Waals surface area contributed by atoms with Gasteiger partial charge in [-0.05, 0) is 25.1 Å². The molecule has 2 rings (SSSR count). The number of hydrogen-bond donors (Lipinski definition) is 2. The minimum Gasteiger partial charge on any atom is -0.324 e. The summed E-state index contributed by atoms with van der Waals surface area (Å²) in [6.07, 6.45) is 1.24. The van der Waals surface area contributed by atoms with Crippen molar-refractivity contribution in [2.24, 2.45) is 5.73 Å². The predicted molar refractivity (Wildman–Crippen MR) is 64.4 cm³/mol. The van der Waals surface area contributed by atoms with Crippen molar-refractivity contribution in [2.45, 2.75) is 25.4 Å². The number of nitrogens with zero attached hydrogens (tertiary/aromatic N) is 2. The summed E-state index contributed by atoms with van der Waals surface area (Å²) in [5, 5.41) is 8.67. The van der Waals surface area contributed by atoms with E-state index in [-0.39, 0.29) is 5.56 Å². The van der Waals surface area contributed by atoms with E-state index in [1.54, 1.807) is 0 Å². The molecule has 0 bridgehead atoms. The topological polar surface area (TPSA) is 85.9 Å². The van der Waals surface area contributed by atoms with Crippen LogP contribution in [0.2, 0.25) is 0 Å². The lowest BCUT2D eigenvalue weighted by atomic mass is 10.0. The van der Waals surface area contributed by atoms with Gasteiger partial charge in [0.15, 0.2) is 0 Å². The monoisotopic (exact) mass is 232 g/mol. The Kier molecular flexibility index (Phi) is 3.27. The van der Waals surface area contributed by atoms with Gasteiger partial charge in [0.2, 0.25) is 0 Å². The Hall–Kier alpha value is -1.64. The van der Waals surface area contributed by atoms with E-state index in [0.29, 0.717) is 12.0 Å². The molecular formula is C12H16N4O. The maximum Gasteiger partial charge on any atom is 0.251 e. The molecule has 5 heteroatoms. The molecule has 1 aliphatic heterocycles. The first-order valence-corrected chi connectivity index (χ1v) is 5.68. The summed E-state index contributed by atoms with van der Waals surface area (Å²) in [5.74, 6) is 0. The number of aromatic nitrogens is 1. The van der Waals surface area contributed by atoms with Gasteiger partial charge in [-0.3, -0.25) is 4.79 Å². The van der Waals surface area contributed by atoms with E-state index in [1.807, 2.05) is 19.2 Å². The Morgan fingerprint density at radius 3 is 3.18 bits per heavy atom. The maximum atomic E-state index is 11.8. The van der Waals surface area contributed by atoms with Crippen molar-refractivity contribution in [2.75, 3.05) is 13.6 Å². The highest BCUT2D eigenvalue weighted by atomic mass is 16.1. The average molecular weight is 232 g/mol. The third-order valence-electron chi connectivity index (χ3n) is 3.09. The highest BCUT2D eigenvalue weighted by Crippen LogP contribution is 2.15. The van der Waals surface area contributed by atoms with Crippen molar-refractivity contribution in [1.29, 1.82) is 5.26 Å². The van der Waals surface area contributed by atoms with Gasteiger partial charge in [0.25, 0.3) is 5.56 Å². The number of rotatable bonds is 2. The lowest BCUT2D eigenvalue weighted by Gasteiger charge is -2.24. The molecule has 0 amide bonds. The van der Waals surface area contributed by atoms with Gasteiger partial charge in [-0.15, -0.1) is 0 Å². The standard InChI is InChI=1S/C12H16N4O/c1-16-3-2-8-4-9(5-10(14)6-13)12(17)15-11(8)7-16/h4,10H,2-3,5,7,14H2,1H3,(H,15,17). The number of H-pyrrole nitrogens is 1. The molecule has 0 aromatic carbocycles. The van der Waals surface area contributed by atoms with Crippen molar-refractivity contribution in [3.8, 4) is 6.07 Å². The zero-order chi connectivity index (χ0) is 12.4. The summed E-state index contributed by atoms with van der Waals surface area (Å²) in [7, 11) is 2.03. The van der Waals surface area contributed by atoms with Crippen molar-refractivity contribution >= 4 is 0 Å². The Balaban J connectivity index is 2.32. The normalized spacial score (nSPS) is 17.2. The summed E-state index contributed by atoms with van der Waals surface area (Å²) in [5.41, 5.74) is 8.20. The molecule has 1 unspecified atom stereocenters. The van der Waals surface area contributed by atoms with Crippen molar-refractivity contribution in [1.82, 2.24) is 9.88 Å². The molecule has 5 nitrogen and oxygen atoms in total. The summed E-state index contributed by atoms with van der Waals surface area (Å²) in [6, 6.07) is 3.23. The molecule has 1 aliphatic rings. The van der Waals surface area contributed by atoms with Crippen LogP contribution in [0.15, 0.2) is 10.9 Å². The van der Waals surface area contributed by atoms with E-state index in [2.05, 4.69) is 9.88 Å². The smallest absolute Gasteiger partial charge is 0.251 e. The summed E-state index contributed by atoms with van der Waals surface area (Å²) in [4.78, 5) is 16.9. The number of pyridine rings is 1. The van der Waals surface area contributed by atoms with Crippen LogP contribution in [0, 0.1) is 11.3 Å². The van der Waals surface area contributed by atoms with Crippen LogP contribution < -0.4 is 11.3 Å². The third-order valence-corrected chi connectivity index (χ3v) is 3.09. The predicted octanol–water partition coefficient (Wildman–Crippen LogP) is -0.244. The highest BCUT2D eigenvalue weighted by molar-refractivity contribution is 5.28. The van der Waals surface area contributed by atoms with Gasteiger partial charge in [0.05, 0.1) is 12.1 Å². The molecule has 3 N–H and O–H groups in total. The zero-order valence-corrected chi connectivity index (χ0v) is 9.86. The van der Waals surface area contributed by atoms with Crippen LogP contribution in [-0.4, -0.2) is 29.5 Å². The molecule has 1 aromatic heterocycles. The highest BCUT2D eigenvalue weighted by Gasteiger charge is 2.16. The van der Waals surface area contributed by atoms with E-state index in [0.717, 1.165) is 25.2 Å². The first kappa shape index (κ1) is 11.8. The van der Waals surface area contributed by atoms with Crippen LogP contribution in [0.25, 0.3) is 0 Å². The van der Waals surface area contributed by atoms with Gasteiger partial charge in [0.1, 0.15) is 0 Å². The van der Waals surface area contributed by atoms with Crippen LogP contribution in [0.5, 0.6) is 0 Å². The van der Waals surface area contributed by atoms with Crippen LogP contribution >= 0.6 is 0 Å². The van der Waals surface area contributed by atoms with Gasteiger partial charge >= 0.3 is 0 Å². The van der Waals surface area contributed by atoms with Crippen molar-refractivity contribution in [3.05, 3.63) is 33.2 Å². The summed E-state index contributed by atoms with van der Waals surface area (Å²) in [6.45, 7) is 1.76. The average Bonchev–Trinajstić information content (AvgIpc) is 2.30. The fourth-order valence-electron chi connectivity index (χ4n) is 2.12. The van der Waals surface area contributed by atoms with Crippen molar-refractivity contribution in [3.63, 3.8) is 0 Å². The zero-order valence-electron chi connectivity index (χ0n) is 9.86. The minimum atomic E-state index is -0.611. The number of hydrogen-bond acceptors (Lipinski definition) is 4. The van der Waals surface area contributed by atoms with Gasteiger partial charge in [-0.2, -0.15) is 5.26 Å². The molecule has 0 saturated heterocycles. The van der Waals surface area contributed by atoms with E-state index in [1.165, 1.54) is 5.56 Å². The molecule has 0 spiro atoms. The number of aromatic amines is 1. The molecule has 0 fully saturated rings. The largest absolute Gasteiger partial charge is 0.324 e. The first-order valence-electron chi connectivity index (χ1n) is 5.68. The first-order chi connectivity index (χ1) is 8.10. The van der Waals surface area contributed by atoms with Crippen LogP contribution in [-0.2, 0) is 19.4 Å². The second kappa shape index (κ2) is 4.70. The minimum absolute atomic E-state index is 0.121. The third kappa shape index (κ3) is 2.54. The molecule has 90 valence electrons. The van der Waals surface area contributed by atoms with Gasteiger partial charge in [-0.1, -0.05) is 0 Å². The second-order valence-corrected chi connectivity index (χ2v) is 4.55. The number of fused-ring (bicyclic) bond motifs is 1. The molecule has 17 heavy (non-hydrogen) atoms. The van der Waals surface area contributed by atoms with Crippen LogP contribution in [0.1, 0.15) is 16.8 Å². The van der Waals surface area contributed by atoms with Gasteiger partial charge in [0, 0.05) is 30.8 Å². The molecule has 1 atom stereocenters. The van der Waals surface area contributed by atoms with E-state index in [9.17, 15) is 4.79 Å². The van der Waals surface area contributed by atoms with Gasteiger partial charge in [-0.25, -0.2) is 0 Å². The SMILES string of the molecule is CN1CCc2cc(CC(N)C#N)c(=O)[nH]c2C1. The fraction of sp³-hybridized carbons (Fsp3) is 0.500. The summed E-state index contributed by atoms with van der Waals surface area (Å²) >= 11 is 0. The second-order valence-electron chi connectivity index (χ2n) is 4.55. The van der Waals surface area contributed by atoms with Crippen molar-refractivity contribution < 1.29 is 0 Å². The number of nitrogens with one attached hydrogen (secondary N) is 1. The lowest BCUT2D eigenvalue weighted by molar-refractivity contribution is 0.307. The quantitative estimate of drug-likeness (QED) is 0.736. The summed E-state index contributed by atoms with van der Waals surface area (Å²) < 4.78 is 0. The molecule has 0 radical (unpaired) electrons.